The summed E-state index contributed by atoms with van der Waals surface area (Å²) in [6.07, 6.45) is 6.59. The first-order valence-electron chi connectivity index (χ1n) is 7.00. The first-order chi connectivity index (χ1) is 9.35. The second kappa shape index (κ2) is 7.04. The summed E-state index contributed by atoms with van der Waals surface area (Å²) in [7, 11) is 0. The minimum absolute atomic E-state index is 0.941. The van der Waals surface area contributed by atoms with Gasteiger partial charge in [0.25, 0.3) is 0 Å². The van der Waals surface area contributed by atoms with E-state index in [9.17, 15) is 0 Å². The highest BCUT2D eigenvalue weighted by Crippen LogP contribution is 2.19. The highest BCUT2D eigenvalue weighted by molar-refractivity contribution is 5.90. The first-order valence-corrected chi connectivity index (χ1v) is 7.00. The van der Waals surface area contributed by atoms with Crippen LogP contribution in [-0.2, 0) is 0 Å². The van der Waals surface area contributed by atoms with E-state index >= 15 is 0 Å². The van der Waals surface area contributed by atoms with Crippen LogP contribution in [0.25, 0.3) is 10.9 Å². The average Bonchev–Trinajstić information content (AvgIpc) is 2.47. The molecule has 0 saturated heterocycles. The van der Waals surface area contributed by atoms with Gasteiger partial charge < -0.3 is 10.2 Å². The summed E-state index contributed by atoms with van der Waals surface area (Å²) in [5, 5.41) is 4.64. The summed E-state index contributed by atoms with van der Waals surface area (Å²) in [4.78, 5) is 10.9. The van der Waals surface area contributed by atoms with Crippen molar-refractivity contribution in [2.45, 2.75) is 20.3 Å². The van der Waals surface area contributed by atoms with Crippen molar-refractivity contribution in [1.29, 1.82) is 0 Å². The van der Waals surface area contributed by atoms with Crippen molar-refractivity contribution in [3.63, 3.8) is 0 Å². The van der Waals surface area contributed by atoms with Crippen LogP contribution in [0.5, 0.6) is 0 Å². The molecule has 0 aliphatic rings. The van der Waals surface area contributed by atoms with Gasteiger partial charge in [0.15, 0.2) is 0 Å². The molecule has 2 aromatic heterocycles. The number of hydrogen-bond acceptors (Lipinski definition) is 4. The van der Waals surface area contributed by atoms with Crippen molar-refractivity contribution in [1.82, 2.24) is 14.9 Å². The molecule has 0 atom stereocenters. The van der Waals surface area contributed by atoms with E-state index in [-0.39, 0.29) is 0 Å². The van der Waals surface area contributed by atoms with Gasteiger partial charge >= 0.3 is 0 Å². The fourth-order valence-electron chi connectivity index (χ4n) is 2.22. The van der Waals surface area contributed by atoms with Crippen molar-refractivity contribution >= 4 is 16.6 Å². The molecule has 0 aliphatic heterocycles. The maximum absolute atomic E-state index is 4.31. The Kier molecular flexibility index (Phi) is 5.10. The Bertz CT molecular complexity index is 503. The van der Waals surface area contributed by atoms with Crippen LogP contribution in [-0.4, -0.2) is 41.0 Å². The van der Waals surface area contributed by atoms with Crippen molar-refractivity contribution in [2.75, 3.05) is 31.5 Å². The number of aromatic nitrogens is 2. The molecule has 102 valence electrons. The normalized spacial score (nSPS) is 11.1. The Hall–Kier alpha value is -1.68. The number of nitrogens with one attached hydrogen (secondary N) is 1. The molecule has 0 fully saturated rings. The Morgan fingerprint density at radius 3 is 2.79 bits per heavy atom. The average molecular weight is 258 g/mol. The van der Waals surface area contributed by atoms with Crippen LogP contribution in [0.1, 0.15) is 20.3 Å². The molecule has 0 aliphatic carbocycles. The Morgan fingerprint density at radius 2 is 2.00 bits per heavy atom. The predicted octanol–water partition coefficient (Wildman–Crippen LogP) is 2.77. The van der Waals surface area contributed by atoms with Crippen LogP contribution in [0.3, 0.4) is 0 Å². The molecule has 4 nitrogen and oxygen atoms in total. The highest BCUT2D eigenvalue weighted by Gasteiger charge is 2.02. The van der Waals surface area contributed by atoms with Gasteiger partial charge in [0.05, 0.1) is 11.7 Å². The summed E-state index contributed by atoms with van der Waals surface area (Å²) in [5.41, 5.74) is 2.09. The molecule has 19 heavy (non-hydrogen) atoms. The van der Waals surface area contributed by atoms with E-state index in [4.69, 9.17) is 0 Å². The van der Waals surface area contributed by atoms with Crippen molar-refractivity contribution in [3.05, 3.63) is 30.7 Å². The van der Waals surface area contributed by atoms with E-state index in [1.54, 1.807) is 6.20 Å². The molecule has 2 aromatic rings. The first kappa shape index (κ1) is 13.7. The number of rotatable bonds is 7. The second-order valence-corrected chi connectivity index (χ2v) is 4.56. The van der Waals surface area contributed by atoms with Gasteiger partial charge in [0.2, 0.25) is 0 Å². The van der Waals surface area contributed by atoms with Gasteiger partial charge in [-0.15, -0.1) is 0 Å². The SMILES string of the molecule is CCN(CC)CCCNc1ccnc2cnccc12. The molecular formula is C15H22N4. The molecule has 1 N–H and O–H groups in total. The predicted molar refractivity (Wildman–Crippen MR) is 80.4 cm³/mol. The number of pyridine rings is 2. The van der Waals surface area contributed by atoms with Gasteiger partial charge in [-0.2, -0.15) is 0 Å². The Morgan fingerprint density at radius 1 is 1.16 bits per heavy atom. The van der Waals surface area contributed by atoms with Crippen LogP contribution in [0, 0.1) is 0 Å². The number of hydrogen-bond donors (Lipinski definition) is 1. The lowest BCUT2D eigenvalue weighted by molar-refractivity contribution is 0.303. The molecule has 0 saturated carbocycles. The second-order valence-electron chi connectivity index (χ2n) is 4.56. The molecule has 0 radical (unpaired) electrons. The van der Waals surface area contributed by atoms with Crippen molar-refractivity contribution in [2.24, 2.45) is 0 Å². The van der Waals surface area contributed by atoms with Crippen LogP contribution in [0.15, 0.2) is 30.7 Å². The fraction of sp³-hybridized carbons (Fsp3) is 0.467. The van der Waals surface area contributed by atoms with Gasteiger partial charge in [-0.1, -0.05) is 13.8 Å². The minimum atomic E-state index is 0.941. The molecular weight excluding hydrogens is 236 g/mol. The molecule has 2 rings (SSSR count). The van der Waals surface area contributed by atoms with E-state index in [0.29, 0.717) is 0 Å². The lowest BCUT2D eigenvalue weighted by Crippen LogP contribution is -2.25. The maximum Gasteiger partial charge on any atom is 0.0905 e. The van der Waals surface area contributed by atoms with E-state index in [1.165, 1.54) is 0 Å². The van der Waals surface area contributed by atoms with Gasteiger partial charge in [0, 0.05) is 30.0 Å². The summed E-state index contributed by atoms with van der Waals surface area (Å²) >= 11 is 0. The monoisotopic (exact) mass is 258 g/mol. The maximum atomic E-state index is 4.31. The lowest BCUT2D eigenvalue weighted by atomic mass is 10.2. The standard InChI is InChI=1S/C15H22N4/c1-3-19(4-2)11-5-8-17-14-7-10-18-15-12-16-9-6-13(14)15/h6-7,9-10,12H,3-5,8,11H2,1-2H3,(H,17,18). The number of anilines is 1. The zero-order valence-corrected chi connectivity index (χ0v) is 11.8. The van der Waals surface area contributed by atoms with Gasteiger partial charge in [-0.3, -0.25) is 9.97 Å². The molecule has 0 amide bonds. The quantitative estimate of drug-likeness (QED) is 0.775. The lowest BCUT2D eigenvalue weighted by Gasteiger charge is -2.18. The summed E-state index contributed by atoms with van der Waals surface area (Å²) < 4.78 is 0. The fourth-order valence-corrected chi connectivity index (χ4v) is 2.22. The zero-order chi connectivity index (χ0) is 13.5. The smallest absolute Gasteiger partial charge is 0.0905 e. The summed E-state index contributed by atoms with van der Waals surface area (Å²) in [6.45, 7) is 8.80. The minimum Gasteiger partial charge on any atom is -0.384 e. The van der Waals surface area contributed by atoms with Crippen LogP contribution in [0.4, 0.5) is 5.69 Å². The van der Waals surface area contributed by atoms with Gasteiger partial charge in [0.1, 0.15) is 0 Å². The molecule has 2 heterocycles. The van der Waals surface area contributed by atoms with E-state index in [0.717, 1.165) is 49.2 Å². The van der Waals surface area contributed by atoms with Crippen LogP contribution >= 0.6 is 0 Å². The topological polar surface area (TPSA) is 41.0 Å². The number of fused-ring (bicyclic) bond motifs is 1. The molecule has 4 heteroatoms. The van der Waals surface area contributed by atoms with Crippen LogP contribution in [0.2, 0.25) is 0 Å². The highest BCUT2D eigenvalue weighted by atomic mass is 15.1. The Balaban J connectivity index is 1.91. The largest absolute Gasteiger partial charge is 0.384 e. The van der Waals surface area contributed by atoms with Gasteiger partial charge in [-0.05, 0) is 38.2 Å². The third-order valence-corrected chi connectivity index (χ3v) is 3.41. The molecule has 0 bridgehead atoms. The zero-order valence-electron chi connectivity index (χ0n) is 11.8. The third-order valence-electron chi connectivity index (χ3n) is 3.41. The summed E-state index contributed by atoms with van der Waals surface area (Å²) in [5.74, 6) is 0. The van der Waals surface area contributed by atoms with Crippen molar-refractivity contribution in [3.8, 4) is 0 Å². The van der Waals surface area contributed by atoms with Gasteiger partial charge in [-0.25, -0.2) is 0 Å². The third kappa shape index (κ3) is 3.64. The Labute approximate surface area is 114 Å². The summed E-state index contributed by atoms with van der Waals surface area (Å²) in [6, 6.07) is 4.04. The number of nitrogens with zero attached hydrogens (tertiary/aromatic N) is 3. The van der Waals surface area contributed by atoms with Crippen LogP contribution < -0.4 is 5.32 Å². The van der Waals surface area contributed by atoms with E-state index in [1.807, 2.05) is 24.5 Å². The van der Waals surface area contributed by atoms with E-state index < -0.39 is 0 Å². The van der Waals surface area contributed by atoms with Crippen molar-refractivity contribution < 1.29 is 0 Å². The van der Waals surface area contributed by atoms with E-state index in [2.05, 4.69) is 34.0 Å². The molecule has 0 unspecified atom stereocenters. The molecule has 0 aromatic carbocycles. The molecule has 0 spiro atoms.